The third kappa shape index (κ3) is 6.48. The molecule has 3 aromatic carbocycles. The van der Waals surface area contributed by atoms with E-state index in [0.29, 0.717) is 17.7 Å². The fourth-order valence-corrected chi connectivity index (χ4v) is 3.82. The molecule has 2 atom stereocenters. The van der Waals surface area contributed by atoms with Gasteiger partial charge in [0.05, 0.1) is 0 Å². The van der Waals surface area contributed by atoms with Crippen LogP contribution in [0.3, 0.4) is 0 Å². The highest BCUT2D eigenvalue weighted by atomic mass is 19.2. The van der Waals surface area contributed by atoms with Crippen molar-refractivity contribution in [3.8, 4) is 11.1 Å². The maximum absolute atomic E-state index is 13.6. The van der Waals surface area contributed by atoms with E-state index >= 15 is 0 Å². The number of carboxylic acids is 1. The van der Waals surface area contributed by atoms with Gasteiger partial charge in [0.2, 0.25) is 0 Å². The van der Waals surface area contributed by atoms with Crippen LogP contribution in [-0.4, -0.2) is 29.6 Å². The van der Waals surface area contributed by atoms with Gasteiger partial charge in [0.1, 0.15) is 6.04 Å². The predicted molar refractivity (Wildman–Crippen MR) is 127 cm³/mol. The minimum Gasteiger partial charge on any atom is -0.480 e. The van der Waals surface area contributed by atoms with Gasteiger partial charge in [0.15, 0.2) is 17.5 Å². The molecule has 0 saturated heterocycles. The van der Waals surface area contributed by atoms with E-state index in [2.05, 4.69) is 5.32 Å². The summed E-state index contributed by atoms with van der Waals surface area (Å²) in [6.45, 7) is 4.41. The number of nitrogens with two attached hydrogens (primary N) is 1. The minimum absolute atomic E-state index is 0.0254. The van der Waals surface area contributed by atoms with Crippen molar-refractivity contribution in [2.45, 2.75) is 32.2 Å². The van der Waals surface area contributed by atoms with Crippen LogP contribution in [0.4, 0.5) is 13.2 Å². The first-order valence-electron chi connectivity index (χ1n) is 11.2. The van der Waals surface area contributed by atoms with Crippen molar-refractivity contribution in [2.75, 3.05) is 6.54 Å². The molecule has 0 aliphatic rings. The van der Waals surface area contributed by atoms with Crippen LogP contribution in [0.1, 0.15) is 41.3 Å². The molecular formula is C27H27F3N2O3. The maximum atomic E-state index is 13.6. The number of carbonyl (C=O) groups is 2. The molecule has 0 unspecified atom stereocenters. The molecule has 0 spiro atoms. The highest BCUT2D eigenvalue weighted by Gasteiger charge is 2.19. The van der Waals surface area contributed by atoms with E-state index in [0.717, 1.165) is 23.3 Å². The number of hydrogen-bond acceptors (Lipinski definition) is 3. The SMILES string of the molecule is CC(C)[C@@H](CNC(=O)c1ccc(C[C@@H](N)C(=O)O)cc1)c1ccc(-c2cc(F)c(F)c(F)c2)cc1. The van der Waals surface area contributed by atoms with Crippen LogP contribution in [0, 0.1) is 23.4 Å². The van der Waals surface area contributed by atoms with Gasteiger partial charge in [-0.15, -0.1) is 0 Å². The smallest absolute Gasteiger partial charge is 0.320 e. The summed E-state index contributed by atoms with van der Waals surface area (Å²) in [7, 11) is 0. The van der Waals surface area contributed by atoms with Gasteiger partial charge in [-0.3, -0.25) is 9.59 Å². The topological polar surface area (TPSA) is 92.4 Å². The Morgan fingerprint density at radius 2 is 1.49 bits per heavy atom. The molecule has 1 amide bonds. The van der Waals surface area contributed by atoms with Gasteiger partial charge in [0.25, 0.3) is 5.91 Å². The normalized spacial score (nSPS) is 12.9. The molecule has 8 heteroatoms. The molecule has 0 saturated carbocycles. The van der Waals surface area contributed by atoms with E-state index in [1.807, 2.05) is 26.0 Å². The van der Waals surface area contributed by atoms with E-state index in [9.17, 15) is 22.8 Å². The van der Waals surface area contributed by atoms with E-state index in [-0.39, 0.29) is 29.7 Å². The van der Waals surface area contributed by atoms with Crippen molar-refractivity contribution in [3.05, 3.63) is 94.8 Å². The number of nitrogens with one attached hydrogen (secondary N) is 1. The second-order valence-corrected chi connectivity index (χ2v) is 8.78. The first kappa shape index (κ1) is 26.0. The number of carbonyl (C=O) groups excluding carboxylic acids is 1. The summed E-state index contributed by atoms with van der Waals surface area (Å²) in [5, 5.41) is 11.8. The Hall–Kier alpha value is -3.65. The van der Waals surface area contributed by atoms with Gasteiger partial charge >= 0.3 is 5.97 Å². The van der Waals surface area contributed by atoms with Gasteiger partial charge in [-0.05, 0) is 58.9 Å². The molecule has 0 aliphatic carbocycles. The lowest BCUT2D eigenvalue weighted by Crippen LogP contribution is -2.32. The maximum Gasteiger partial charge on any atom is 0.320 e. The standard InChI is InChI=1S/C27H27F3N2O3/c1-15(2)21(14-32-26(33)19-5-3-16(4-6-19)11-24(31)27(34)35)18-9-7-17(8-10-18)20-12-22(28)25(30)23(29)13-20/h3-10,12-13,15,21,24H,11,14,31H2,1-2H3,(H,32,33)(H,34,35)/t21-,24-/m1/s1. The molecule has 0 radical (unpaired) electrons. The fourth-order valence-electron chi connectivity index (χ4n) is 3.82. The van der Waals surface area contributed by atoms with Crippen molar-refractivity contribution >= 4 is 11.9 Å². The lowest BCUT2D eigenvalue weighted by molar-refractivity contribution is -0.138. The Labute approximate surface area is 201 Å². The predicted octanol–water partition coefficient (Wildman–Crippen LogP) is 4.89. The van der Waals surface area contributed by atoms with Crippen LogP contribution in [0.2, 0.25) is 0 Å². The molecule has 0 aliphatic heterocycles. The Kier molecular flexibility index (Phi) is 8.30. The highest BCUT2D eigenvalue weighted by molar-refractivity contribution is 5.94. The summed E-state index contributed by atoms with van der Waals surface area (Å²) in [5.41, 5.74) is 8.42. The molecule has 0 heterocycles. The number of aliphatic carboxylic acids is 1. The van der Waals surface area contributed by atoms with Crippen molar-refractivity contribution in [1.29, 1.82) is 0 Å². The summed E-state index contributed by atoms with van der Waals surface area (Å²) in [4.78, 5) is 23.5. The van der Waals surface area contributed by atoms with E-state index in [4.69, 9.17) is 10.8 Å². The molecular weight excluding hydrogens is 457 g/mol. The summed E-state index contributed by atoms with van der Waals surface area (Å²) >= 11 is 0. The largest absolute Gasteiger partial charge is 0.480 e. The molecule has 5 nitrogen and oxygen atoms in total. The molecule has 0 fully saturated rings. The minimum atomic E-state index is -1.50. The van der Waals surface area contributed by atoms with Crippen LogP contribution in [0.25, 0.3) is 11.1 Å². The average molecular weight is 485 g/mol. The van der Waals surface area contributed by atoms with E-state index in [1.54, 1.807) is 36.4 Å². The van der Waals surface area contributed by atoms with Gasteiger partial charge in [-0.25, -0.2) is 13.2 Å². The summed E-state index contributed by atoms with van der Waals surface area (Å²) in [5.74, 6) is -5.19. The summed E-state index contributed by atoms with van der Waals surface area (Å²) in [6, 6.07) is 14.6. The molecule has 0 bridgehead atoms. The zero-order chi connectivity index (χ0) is 25.7. The van der Waals surface area contributed by atoms with E-state index in [1.165, 1.54) is 0 Å². The number of benzene rings is 3. The van der Waals surface area contributed by atoms with Gasteiger partial charge < -0.3 is 16.2 Å². The second kappa shape index (κ2) is 11.2. The molecule has 35 heavy (non-hydrogen) atoms. The van der Waals surface area contributed by atoms with Gasteiger partial charge in [0, 0.05) is 18.0 Å². The highest BCUT2D eigenvalue weighted by Crippen LogP contribution is 2.28. The van der Waals surface area contributed by atoms with Gasteiger partial charge in [-0.2, -0.15) is 0 Å². The van der Waals surface area contributed by atoms with Crippen LogP contribution in [-0.2, 0) is 11.2 Å². The lowest BCUT2D eigenvalue weighted by Gasteiger charge is -2.22. The zero-order valence-electron chi connectivity index (χ0n) is 19.4. The first-order chi connectivity index (χ1) is 16.6. The second-order valence-electron chi connectivity index (χ2n) is 8.78. The van der Waals surface area contributed by atoms with Crippen molar-refractivity contribution in [1.82, 2.24) is 5.32 Å². The monoisotopic (exact) mass is 484 g/mol. The van der Waals surface area contributed by atoms with E-state index < -0.39 is 29.5 Å². The first-order valence-corrected chi connectivity index (χ1v) is 11.2. The molecule has 3 aromatic rings. The van der Waals surface area contributed by atoms with Crippen LogP contribution < -0.4 is 11.1 Å². The Bertz CT molecular complexity index is 1170. The lowest BCUT2D eigenvalue weighted by atomic mass is 9.87. The number of amides is 1. The van der Waals surface area contributed by atoms with Crippen molar-refractivity contribution in [3.63, 3.8) is 0 Å². The third-order valence-corrected chi connectivity index (χ3v) is 5.93. The van der Waals surface area contributed by atoms with Crippen molar-refractivity contribution in [2.24, 2.45) is 11.7 Å². The molecule has 0 aromatic heterocycles. The van der Waals surface area contributed by atoms with Gasteiger partial charge in [-0.1, -0.05) is 50.2 Å². The Balaban J connectivity index is 1.67. The third-order valence-electron chi connectivity index (χ3n) is 5.93. The average Bonchev–Trinajstić information content (AvgIpc) is 2.82. The summed E-state index contributed by atoms with van der Waals surface area (Å²) < 4.78 is 40.4. The number of rotatable bonds is 9. The number of carboxylic acid groups (broad SMARTS) is 1. The summed E-state index contributed by atoms with van der Waals surface area (Å²) in [6.07, 6.45) is 0.167. The Morgan fingerprint density at radius 1 is 0.914 bits per heavy atom. The number of halogens is 3. The van der Waals surface area contributed by atoms with Crippen LogP contribution in [0.5, 0.6) is 0 Å². The van der Waals surface area contributed by atoms with Crippen LogP contribution in [0.15, 0.2) is 60.7 Å². The molecule has 3 rings (SSSR count). The number of hydrogen-bond donors (Lipinski definition) is 3. The zero-order valence-corrected chi connectivity index (χ0v) is 19.4. The fraction of sp³-hybridized carbons (Fsp3) is 0.259. The van der Waals surface area contributed by atoms with Crippen LogP contribution >= 0.6 is 0 Å². The van der Waals surface area contributed by atoms with Crippen molar-refractivity contribution < 1.29 is 27.9 Å². The quantitative estimate of drug-likeness (QED) is 0.377. The molecule has 4 N–H and O–H groups in total. The molecule has 184 valence electrons. The Morgan fingerprint density at radius 3 is 2.00 bits per heavy atom.